The Hall–Kier alpha value is -2.42. The molecule has 0 aliphatic carbocycles. The summed E-state index contributed by atoms with van der Waals surface area (Å²) < 4.78 is 38.3. The third-order valence-corrected chi connectivity index (χ3v) is 7.27. The van der Waals surface area contributed by atoms with E-state index in [9.17, 15) is 13.2 Å². The predicted molar refractivity (Wildman–Crippen MR) is 119 cm³/mol. The van der Waals surface area contributed by atoms with Crippen molar-refractivity contribution in [3.8, 4) is 5.75 Å². The molecule has 2 aromatic carbocycles. The molecule has 1 saturated heterocycles. The van der Waals surface area contributed by atoms with Crippen molar-refractivity contribution in [2.75, 3.05) is 32.9 Å². The number of hydrogen-bond acceptors (Lipinski definition) is 5. The third kappa shape index (κ3) is 5.84. The standard InChI is InChI=1S/C23H30N2O5S/c1-17(2)21-9-8-20(14-18(21)3)30-16-23(26)24-15-19-6-4-5-7-22(19)31(27,28)25-10-12-29-13-11-25/h4-9,14,17H,10-13,15-16H2,1-3H3,(H,24,26). The molecule has 1 fully saturated rings. The smallest absolute Gasteiger partial charge is 0.258 e. The van der Waals surface area contributed by atoms with Crippen LogP contribution in [-0.2, 0) is 26.1 Å². The van der Waals surface area contributed by atoms with Crippen molar-refractivity contribution in [1.82, 2.24) is 9.62 Å². The number of nitrogens with zero attached hydrogens (tertiary/aromatic N) is 1. The van der Waals surface area contributed by atoms with Crippen molar-refractivity contribution < 1.29 is 22.7 Å². The summed E-state index contributed by atoms with van der Waals surface area (Å²) in [4.78, 5) is 12.5. The van der Waals surface area contributed by atoms with Crippen LogP contribution in [0.3, 0.4) is 0 Å². The Morgan fingerprint density at radius 3 is 2.55 bits per heavy atom. The fourth-order valence-corrected chi connectivity index (χ4v) is 5.24. The van der Waals surface area contributed by atoms with E-state index in [1.54, 1.807) is 24.3 Å². The summed E-state index contributed by atoms with van der Waals surface area (Å²) in [7, 11) is -3.64. The minimum Gasteiger partial charge on any atom is -0.484 e. The molecule has 1 heterocycles. The van der Waals surface area contributed by atoms with E-state index in [1.165, 1.54) is 9.87 Å². The van der Waals surface area contributed by atoms with Crippen molar-refractivity contribution in [3.05, 3.63) is 59.2 Å². The van der Waals surface area contributed by atoms with Crippen LogP contribution in [0.15, 0.2) is 47.4 Å². The van der Waals surface area contributed by atoms with Crippen molar-refractivity contribution in [1.29, 1.82) is 0 Å². The molecule has 0 atom stereocenters. The van der Waals surface area contributed by atoms with Crippen LogP contribution < -0.4 is 10.1 Å². The molecule has 2 aromatic rings. The fourth-order valence-electron chi connectivity index (χ4n) is 3.61. The number of benzene rings is 2. The van der Waals surface area contributed by atoms with Crippen LogP contribution in [0.25, 0.3) is 0 Å². The van der Waals surface area contributed by atoms with Crippen LogP contribution >= 0.6 is 0 Å². The highest BCUT2D eigenvalue weighted by molar-refractivity contribution is 7.89. The Morgan fingerprint density at radius 2 is 1.87 bits per heavy atom. The minimum absolute atomic E-state index is 0.104. The second-order valence-electron chi connectivity index (χ2n) is 7.86. The van der Waals surface area contributed by atoms with Crippen LogP contribution in [0.1, 0.15) is 36.5 Å². The number of carbonyl (C=O) groups is 1. The van der Waals surface area contributed by atoms with Gasteiger partial charge < -0.3 is 14.8 Å². The Kier molecular flexibility index (Phi) is 7.69. The Balaban J connectivity index is 1.60. The van der Waals surface area contributed by atoms with E-state index < -0.39 is 10.0 Å². The van der Waals surface area contributed by atoms with Gasteiger partial charge in [0.1, 0.15) is 5.75 Å². The highest BCUT2D eigenvalue weighted by Crippen LogP contribution is 2.24. The van der Waals surface area contributed by atoms with E-state index >= 15 is 0 Å². The number of morpholine rings is 1. The average Bonchev–Trinajstić information content (AvgIpc) is 2.77. The molecule has 7 nitrogen and oxygen atoms in total. The zero-order valence-electron chi connectivity index (χ0n) is 18.3. The number of nitrogens with one attached hydrogen (secondary N) is 1. The quantitative estimate of drug-likeness (QED) is 0.674. The Labute approximate surface area is 184 Å². The van der Waals surface area contributed by atoms with E-state index in [1.807, 2.05) is 25.1 Å². The molecule has 3 rings (SSSR count). The maximum absolute atomic E-state index is 13.0. The number of amides is 1. The van der Waals surface area contributed by atoms with Crippen molar-refractivity contribution in [3.63, 3.8) is 0 Å². The van der Waals surface area contributed by atoms with Gasteiger partial charge in [-0.05, 0) is 47.7 Å². The predicted octanol–water partition coefficient (Wildman–Crippen LogP) is 2.83. The third-order valence-electron chi connectivity index (χ3n) is 5.27. The minimum atomic E-state index is -3.64. The molecule has 31 heavy (non-hydrogen) atoms. The molecule has 0 radical (unpaired) electrons. The highest BCUT2D eigenvalue weighted by atomic mass is 32.2. The van der Waals surface area contributed by atoms with Gasteiger partial charge in [-0.1, -0.05) is 38.1 Å². The molecule has 0 saturated carbocycles. The zero-order chi connectivity index (χ0) is 22.4. The summed E-state index contributed by atoms with van der Waals surface area (Å²) in [5.41, 5.74) is 2.91. The van der Waals surface area contributed by atoms with E-state index in [0.717, 1.165) is 5.56 Å². The maximum atomic E-state index is 13.0. The monoisotopic (exact) mass is 446 g/mol. The molecule has 1 amide bonds. The first-order chi connectivity index (χ1) is 14.8. The molecule has 0 aromatic heterocycles. The van der Waals surface area contributed by atoms with E-state index in [2.05, 4.69) is 19.2 Å². The average molecular weight is 447 g/mol. The number of ether oxygens (including phenoxy) is 2. The van der Waals surface area contributed by atoms with Gasteiger partial charge >= 0.3 is 0 Å². The summed E-state index contributed by atoms with van der Waals surface area (Å²) in [6.07, 6.45) is 0. The van der Waals surface area contributed by atoms with Gasteiger partial charge in [-0.25, -0.2) is 8.42 Å². The van der Waals surface area contributed by atoms with Crippen LogP contribution in [-0.4, -0.2) is 51.5 Å². The summed E-state index contributed by atoms with van der Waals surface area (Å²) in [6.45, 7) is 7.67. The highest BCUT2D eigenvalue weighted by Gasteiger charge is 2.28. The van der Waals surface area contributed by atoms with E-state index in [4.69, 9.17) is 9.47 Å². The molecule has 1 aliphatic rings. The van der Waals surface area contributed by atoms with Gasteiger partial charge in [0.05, 0.1) is 18.1 Å². The largest absolute Gasteiger partial charge is 0.484 e. The maximum Gasteiger partial charge on any atom is 0.258 e. The lowest BCUT2D eigenvalue weighted by atomic mass is 9.98. The van der Waals surface area contributed by atoms with Gasteiger partial charge in [0.15, 0.2) is 6.61 Å². The number of hydrogen-bond donors (Lipinski definition) is 1. The number of carbonyl (C=O) groups excluding carboxylic acids is 1. The van der Waals surface area contributed by atoms with Crippen LogP contribution in [0.5, 0.6) is 5.75 Å². The lowest BCUT2D eigenvalue weighted by Gasteiger charge is -2.27. The van der Waals surface area contributed by atoms with Gasteiger partial charge in [0.2, 0.25) is 10.0 Å². The number of aryl methyl sites for hydroxylation is 1. The molecule has 1 N–H and O–H groups in total. The molecular weight excluding hydrogens is 416 g/mol. The summed E-state index contributed by atoms with van der Waals surface area (Å²) in [6, 6.07) is 12.5. The first-order valence-electron chi connectivity index (χ1n) is 10.4. The van der Waals surface area contributed by atoms with E-state index in [-0.39, 0.29) is 24.0 Å². The van der Waals surface area contributed by atoms with Crippen molar-refractivity contribution >= 4 is 15.9 Å². The molecule has 0 bridgehead atoms. The van der Waals surface area contributed by atoms with Crippen molar-refractivity contribution in [2.45, 2.75) is 38.1 Å². The molecule has 8 heteroatoms. The molecule has 1 aliphatic heterocycles. The van der Waals surface area contributed by atoms with Crippen molar-refractivity contribution in [2.24, 2.45) is 0 Å². The topological polar surface area (TPSA) is 84.9 Å². The van der Waals surface area contributed by atoms with Gasteiger partial charge in [-0.2, -0.15) is 4.31 Å². The molecular formula is C23H30N2O5S. The SMILES string of the molecule is Cc1cc(OCC(=O)NCc2ccccc2S(=O)(=O)N2CCOCC2)ccc1C(C)C. The Bertz CT molecular complexity index is 1010. The molecule has 0 spiro atoms. The normalized spacial score (nSPS) is 15.1. The molecule has 168 valence electrons. The first kappa shape index (κ1) is 23.2. The van der Waals surface area contributed by atoms with Crippen LogP contribution in [0.4, 0.5) is 0 Å². The second kappa shape index (κ2) is 10.3. The number of sulfonamides is 1. The lowest BCUT2D eigenvalue weighted by Crippen LogP contribution is -2.41. The molecule has 0 unspecified atom stereocenters. The van der Waals surface area contributed by atoms with Crippen LogP contribution in [0, 0.1) is 6.92 Å². The van der Waals surface area contributed by atoms with Gasteiger partial charge in [-0.3, -0.25) is 4.79 Å². The van der Waals surface area contributed by atoms with E-state index in [0.29, 0.717) is 43.5 Å². The second-order valence-corrected chi connectivity index (χ2v) is 9.77. The number of rotatable bonds is 8. The lowest BCUT2D eigenvalue weighted by molar-refractivity contribution is -0.123. The van der Waals surface area contributed by atoms with Crippen LogP contribution in [0.2, 0.25) is 0 Å². The van der Waals surface area contributed by atoms with Gasteiger partial charge in [0, 0.05) is 19.6 Å². The summed E-state index contributed by atoms with van der Waals surface area (Å²) in [5, 5.41) is 2.76. The van der Waals surface area contributed by atoms with Gasteiger partial charge in [-0.15, -0.1) is 0 Å². The summed E-state index contributed by atoms with van der Waals surface area (Å²) >= 11 is 0. The fraction of sp³-hybridized carbons (Fsp3) is 0.435. The van der Waals surface area contributed by atoms with Gasteiger partial charge in [0.25, 0.3) is 5.91 Å². The zero-order valence-corrected chi connectivity index (χ0v) is 19.1. The Morgan fingerprint density at radius 1 is 1.16 bits per heavy atom. The first-order valence-corrected chi connectivity index (χ1v) is 11.9. The summed E-state index contributed by atoms with van der Waals surface area (Å²) in [5.74, 6) is 0.739.